The van der Waals surface area contributed by atoms with Crippen molar-refractivity contribution in [2.24, 2.45) is 34.5 Å². The molecule has 1 unspecified atom stereocenters. The number of allylic oxidation sites excluding steroid dienone is 4. The van der Waals surface area contributed by atoms with Gasteiger partial charge in [0.1, 0.15) is 11.2 Å². The van der Waals surface area contributed by atoms with Crippen molar-refractivity contribution in [1.29, 1.82) is 0 Å². The Morgan fingerprint density at radius 2 is 1.94 bits per heavy atom. The van der Waals surface area contributed by atoms with Gasteiger partial charge in [-0.25, -0.2) is 9.78 Å². The van der Waals surface area contributed by atoms with E-state index in [0.717, 1.165) is 19.3 Å². The second-order valence-corrected chi connectivity index (χ2v) is 11.9. The molecule has 31 heavy (non-hydrogen) atoms. The number of rotatable bonds is 4. The van der Waals surface area contributed by atoms with Crippen LogP contribution in [-0.2, 0) is 9.78 Å². The van der Waals surface area contributed by atoms with Gasteiger partial charge in [0.15, 0.2) is 0 Å². The van der Waals surface area contributed by atoms with E-state index in [1.807, 2.05) is 0 Å². The Bertz CT molecular complexity index is 869. The van der Waals surface area contributed by atoms with Crippen LogP contribution in [0.15, 0.2) is 48.1 Å². The molecule has 0 aromatic heterocycles. The Morgan fingerprint density at radius 1 is 1.16 bits per heavy atom. The first-order valence-corrected chi connectivity index (χ1v) is 12.4. The lowest BCUT2D eigenvalue weighted by Gasteiger charge is -2.66. The quantitative estimate of drug-likeness (QED) is 0.424. The molecule has 3 nitrogen and oxygen atoms in total. The first-order chi connectivity index (χ1) is 14.6. The summed E-state index contributed by atoms with van der Waals surface area (Å²) in [6, 6.07) is 0. The third-order valence-corrected chi connectivity index (χ3v) is 10.2. The molecule has 1 N–H and O–H groups in total. The maximum Gasteiger partial charge on any atom is 0.147 e. The molecule has 1 saturated heterocycles. The lowest BCUT2D eigenvalue weighted by atomic mass is 9.47. The fourth-order valence-corrected chi connectivity index (χ4v) is 7.94. The Balaban J connectivity index is 1.49. The minimum atomic E-state index is -0.515. The Hall–Kier alpha value is -1.16. The highest BCUT2D eigenvalue weighted by Gasteiger charge is 2.71. The molecule has 2 spiro atoms. The first kappa shape index (κ1) is 21.7. The zero-order chi connectivity index (χ0) is 22.2. The topological polar surface area (TPSA) is 38.7 Å². The summed E-state index contributed by atoms with van der Waals surface area (Å²) in [5, 5.41) is 10.4. The maximum atomic E-state index is 10.4. The van der Waals surface area contributed by atoms with E-state index in [-0.39, 0.29) is 16.9 Å². The van der Waals surface area contributed by atoms with Crippen LogP contribution < -0.4 is 0 Å². The molecule has 2 heterocycles. The van der Waals surface area contributed by atoms with Crippen molar-refractivity contribution < 1.29 is 14.9 Å². The van der Waals surface area contributed by atoms with Gasteiger partial charge in [0.05, 0.1) is 6.10 Å². The van der Waals surface area contributed by atoms with Crippen LogP contribution in [0.2, 0.25) is 0 Å². The molecule has 6 aliphatic rings. The van der Waals surface area contributed by atoms with Crippen LogP contribution in [0.3, 0.4) is 0 Å². The summed E-state index contributed by atoms with van der Waals surface area (Å²) in [4.78, 5) is 12.6. The Morgan fingerprint density at radius 3 is 2.61 bits per heavy atom. The SMILES string of the molecule is C=C(C)[C@@H](C)/C=C/[C@@H](C)[C@H]1CCC2[C@]1(C)CC=C1[C@]23C=C[C@]2(C[C@@H](O)CC[C@]12C)OO3. The fraction of sp³-hybridized carbons (Fsp3) is 0.714. The predicted octanol–water partition coefficient (Wildman–Crippen LogP) is 6.31. The smallest absolute Gasteiger partial charge is 0.147 e. The predicted molar refractivity (Wildman–Crippen MR) is 124 cm³/mol. The highest BCUT2D eigenvalue weighted by molar-refractivity contribution is 5.48. The van der Waals surface area contributed by atoms with Gasteiger partial charge in [0.25, 0.3) is 0 Å². The summed E-state index contributed by atoms with van der Waals surface area (Å²) in [6.45, 7) is 15.7. The van der Waals surface area contributed by atoms with Gasteiger partial charge in [-0.15, -0.1) is 0 Å². The first-order valence-electron chi connectivity index (χ1n) is 12.4. The Kier molecular flexibility index (Phi) is 4.84. The summed E-state index contributed by atoms with van der Waals surface area (Å²) >= 11 is 0. The van der Waals surface area contributed by atoms with Crippen LogP contribution in [0, 0.1) is 34.5 Å². The van der Waals surface area contributed by atoms with E-state index in [4.69, 9.17) is 9.78 Å². The van der Waals surface area contributed by atoms with E-state index in [1.54, 1.807) is 0 Å². The zero-order valence-electron chi connectivity index (χ0n) is 20.0. The number of fused-ring (bicyclic) bond motifs is 2. The van der Waals surface area contributed by atoms with Crippen molar-refractivity contribution in [1.82, 2.24) is 0 Å². The molecular formula is C28H40O3. The number of aliphatic hydroxyl groups excluding tert-OH is 1. The summed E-state index contributed by atoms with van der Waals surface area (Å²) in [7, 11) is 0. The highest BCUT2D eigenvalue weighted by Crippen LogP contribution is 2.71. The molecule has 2 saturated carbocycles. The lowest BCUT2D eigenvalue weighted by molar-refractivity contribution is -0.455. The second-order valence-electron chi connectivity index (χ2n) is 11.9. The van der Waals surface area contributed by atoms with E-state index < -0.39 is 11.2 Å². The summed E-state index contributed by atoms with van der Waals surface area (Å²) in [5.74, 6) is 2.01. The lowest BCUT2D eigenvalue weighted by Crippen LogP contribution is -2.69. The van der Waals surface area contributed by atoms with E-state index >= 15 is 0 Å². The molecule has 170 valence electrons. The van der Waals surface area contributed by atoms with E-state index in [9.17, 15) is 5.11 Å². The molecule has 3 fully saturated rings. The molecule has 4 aliphatic carbocycles. The molecule has 0 amide bonds. The molecule has 0 aromatic carbocycles. The van der Waals surface area contributed by atoms with Gasteiger partial charge in [-0.3, -0.25) is 0 Å². The van der Waals surface area contributed by atoms with Crippen molar-refractivity contribution in [2.45, 2.75) is 90.4 Å². The van der Waals surface area contributed by atoms with Crippen LogP contribution in [0.1, 0.15) is 73.1 Å². The highest BCUT2D eigenvalue weighted by atomic mass is 17.2. The summed E-state index contributed by atoms with van der Waals surface area (Å²) < 4.78 is 0. The molecular weight excluding hydrogens is 384 g/mol. The number of hydrogen-bond acceptors (Lipinski definition) is 3. The van der Waals surface area contributed by atoms with Crippen molar-refractivity contribution in [2.75, 3.05) is 0 Å². The largest absolute Gasteiger partial charge is 0.393 e. The Labute approximate surface area is 188 Å². The van der Waals surface area contributed by atoms with E-state index in [2.05, 4.69) is 71.6 Å². The van der Waals surface area contributed by atoms with E-state index in [1.165, 1.54) is 24.0 Å². The molecule has 6 rings (SSSR count). The van der Waals surface area contributed by atoms with Gasteiger partial charge >= 0.3 is 0 Å². The number of hydrogen-bond donors (Lipinski definition) is 1. The van der Waals surface area contributed by atoms with Crippen LogP contribution in [0.25, 0.3) is 0 Å². The average Bonchev–Trinajstić information content (AvgIpc) is 3.09. The van der Waals surface area contributed by atoms with Crippen molar-refractivity contribution in [3.8, 4) is 0 Å². The molecule has 0 radical (unpaired) electrons. The van der Waals surface area contributed by atoms with Crippen LogP contribution >= 0.6 is 0 Å². The maximum absolute atomic E-state index is 10.4. The third kappa shape index (κ3) is 2.75. The van der Waals surface area contributed by atoms with Gasteiger partial charge in [0, 0.05) is 17.8 Å². The normalized spacial score (nSPS) is 49.9. The van der Waals surface area contributed by atoms with Gasteiger partial charge in [-0.1, -0.05) is 58.1 Å². The van der Waals surface area contributed by atoms with Crippen molar-refractivity contribution >= 4 is 0 Å². The minimum Gasteiger partial charge on any atom is -0.393 e. The van der Waals surface area contributed by atoms with Crippen LogP contribution in [-0.4, -0.2) is 22.4 Å². The summed E-state index contributed by atoms with van der Waals surface area (Å²) in [5.41, 5.74) is 1.81. The molecule has 3 heteroatoms. The molecule has 2 aliphatic heterocycles. The number of aliphatic hydroxyl groups is 1. The molecule has 9 atom stereocenters. The second kappa shape index (κ2) is 6.92. The molecule has 0 aromatic rings. The van der Waals surface area contributed by atoms with Crippen LogP contribution in [0.5, 0.6) is 0 Å². The minimum absolute atomic E-state index is 0.0823. The zero-order valence-corrected chi connectivity index (χ0v) is 20.0. The van der Waals surface area contributed by atoms with Crippen LogP contribution in [0.4, 0.5) is 0 Å². The standard InChI is InChI=1S/C28H40O3/c1-18(2)19(3)7-8-20(4)22-9-10-23-25(22,5)13-12-24-26(6)14-11-21(29)17-27(26)15-16-28(23,24)31-30-27/h7-8,12,15-16,19-23,29H,1,9-11,13-14,17H2,2-6H3/b8-7+/t19-,20+,21-,22+,23?,25+,26+,27+,28-/m0/s1. The fourth-order valence-electron chi connectivity index (χ4n) is 7.94. The molecule has 2 bridgehead atoms. The monoisotopic (exact) mass is 424 g/mol. The van der Waals surface area contributed by atoms with E-state index in [0.29, 0.717) is 30.1 Å². The summed E-state index contributed by atoms with van der Waals surface area (Å²) in [6.07, 6.45) is 17.5. The van der Waals surface area contributed by atoms with Gasteiger partial charge in [-0.05, 0) is 79.9 Å². The average molecular weight is 425 g/mol. The van der Waals surface area contributed by atoms with Gasteiger partial charge in [0.2, 0.25) is 0 Å². The van der Waals surface area contributed by atoms with Gasteiger partial charge in [-0.2, -0.15) is 0 Å². The van der Waals surface area contributed by atoms with Gasteiger partial charge < -0.3 is 5.11 Å². The van der Waals surface area contributed by atoms with Crippen molar-refractivity contribution in [3.05, 3.63) is 48.1 Å². The third-order valence-electron chi connectivity index (χ3n) is 10.2. The van der Waals surface area contributed by atoms with Crippen molar-refractivity contribution in [3.63, 3.8) is 0 Å².